The van der Waals surface area contributed by atoms with Crippen molar-refractivity contribution in [2.24, 2.45) is 0 Å². The number of unbranched alkanes of at least 4 members (excludes halogenated alkanes) is 7. The fourth-order valence-corrected chi connectivity index (χ4v) is 3.76. The number of imidazole rings is 1. The second-order valence-electron chi connectivity index (χ2n) is 7.77. The van der Waals surface area contributed by atoms with Crippen LogP contribution < -0.4 is 11.2 Å². The first kappa shape index (κ1) is 22.8. The standard InChI is InChI=1S/C20H34N6O4/c1-2-3-4-5-6-7-8-9-10-25-30-17-16(28)14(11-27)29-20(17)26-13-24-15-18(21)22-12-23-19(15)26/h12-14,16-17,20,25,27-28H,2-11H2,1H3,(H2,21,22,23)/t14-,16?,17?,20-/m1/s1. The van der Waals surface area contributed by atoms with Crippen LogP contribution in [0.2, 0.25) is 0 Å². The summed E-state index contributed by atoms with van der Waals surface area (Å²) in [5.74, 6) is 0.265. The molecule has 30 heavy (non-hydrogen) atoms. The summed E-state index contributed by atoms with van der Waals surface area (Å²) >= 11 is 0. The number of anilines is 1. The molecule has 3 heterocycles. The van der Waals surface area contributed by atoms with Gasteiger partial charge in [0.1, 0.15) is 24.1 Å². The van der Waals surface area contributed by atoms with Gasteiger partial charge in [-0.1, -0.05) is 51.9 Å². The average molecular weight is 423 g/mol. The van der Waals surface area contributed by atoms with Crippen LogP contribution in [0.5, 0.6) is 0 Å². The average Bonchev–Trinajstić information content (AvgIpc) is 3.31. The monoisotopic (exact) mass is 422 g/mol. The van der Waals surface area contributed by atoms with Crippen LogP contribution in [0.15, 0.2) is 12.7 Å². The van der Waals surface area contributed by atoms with Gasteiger partial charge in [0.05, 0.1) is 12.9 Å². The molecule has 2 aromatic rings. The van der Waals surface area contributed by atoms with E-state index in [9.17, 15) is 10.2 Å². The first-order valence-corrected chi connectivity index (χ1v) is 10.9. The van der Waals surface area contributed by atoms with Gasteiger partial charge in [0.25, 0.3) is 0 Å². The topological polar surface area (TPSA) is 141 Å². The lowest BCUT2D eigenvalue weighted by Crippen LogP contribution is -2.39. The number of aliphatic hydroxyl groups is 2. The maximum Gasteiger partial charge on any atom is 0.168 e. The van der Waals surface area contributed by atoms with Gasteiger partial charge in [-0.3, -0.25) is 9.40 Å². The van der Waals surface area contributed by atoms with Crippen molar-refractivity contribution in [2.75, 3.05) is 18.9 Å². The molecule has 0 spiro atoms. The summed E-state index contributed by atoms with van der Waals surface area (Å²) in [5, 5.41) is 20.1. The Balaban J connectivity index is 1.51. The summed E-state index contributed by atoms with van der Waals surface area (Å²) in [6.07, 6.45) is 9.52. The highest BCUT2D eigenvalue weighted by Gasteiger charge is 2.46. The molecular weight excluding hydrogens is 388 g/mol. The molecule has 1 aliphatic rings. The minimum Gasteiger partial charge on any atom is -0.394 e. The Labute approximate surface area is 176 Å². The van der Waals surface area contributed by atoms with Gasteiger partial charge in [-0.15, -0.1) is 0 Å². The van der Waals surface area contributed by atoms with E-state index in [0.29, 0.717) is 17.7 Å². The predicted molar refractivity (Wildman–Crippen MR) is 112 cm³/mol. The number of nitrogens with one attached hydrogen (secondary N) is 1. The van der Waals surface area contributed by atoms with Crippen LogP contribution in [-0.2, 0) is 9.57 Å². The Morgan fingerprint density at radius 2 is 1.87 bits per heavy atom. The Morgan fingerprint density at radius 1 is 1.13 bits per heavy atom. The molecule has 10 nitrogen and oxygen atoms in total. The number of nitrogens with two attached hydrogens (primary N) is 1. The summed E-state index contributed by atoms with van der Waals surface area (Å²) in [7, 11) is 0. The van der Waals surface area contributed by atoms with Gasteiger partial charge in [0, 0.05) is 6.54 Å². The molecule has 0 aliphatic carbocycles. The highest BCUT2D eigenvalue weighted by molar-refractivity contribution is 5.81. The number of fused-ring (bicyclic) bond motifs is 1. The Bertz CT molecular complexity index is 773. The quantitative estimate of drug-likeness (QED) is 0.280. The zero-order chi connectivity index (χ0) is 21.3. The molecule has 0 saturated carbocycles. The number of ether oxygens (including phenoxy) is 1. The maximum atomic E-state index is 10.5. The largest absolute Gasteiger partial charge is 0.394 e. The van der Waals surface area contributed by atoms with Gasteiger partial charge in [0.2, 0.25) is 0 Å². The third-order valence-corrected chi connectivity index (χ3v) is 5.51. The zero-order valence-corrected chi connectivity index (χ0v) is 17.6. The van der Waals surface area contributed by atoms with Crippen LogP contribution in [0.1, 0.15) is 64.5 Å². The molecule has 3 rings (SSSR count). The number of nitrogens with zero attached hydrogens (tertiary/aromatic N) is 4. The number of hydrogen-bond donors (Lipinski definition) is 4. The van der Waals surface area contributed by atoms with Crippen molar-refractivity contribution in [2.45, 2.75) is 82.8 Å². The maximum absolute atomic E-state index is 10.5. The van der Waals surface area contributed by atoms with Gasteiger partial charge in [-0.2, -0.15) is 0 Å². The minimum absolute atomic E-state index is 0.265. The van der Waals surface area contributed by atoms with Crippen molar-refractivity contribution in [3.63, 3.8) is 0 Å². The third-order valence-electron chi connectivity index (χ3n) is 5.51. The smallest absolute Gasteiger partial charge is 0.168 e. The predicted octanol–water partition coefficient (Wildman–Crippen LogP) is 1.69. The van der Waals surface area contributed by atoms with Crippen LogP contribution >= 0.6 is 0 Å². The molecule has 2 aromatic heterocycles. The van der Waals surface area contributed by atoms with Crippen molar-refractivity contribution in [3.05, 3.63) is 12.7 Å². The van der Waals surface area contributed by atoms with E-state index >= 15 is 0 Å². The van der Waals surface area contributed by atoms with E-state index in [-0.39, 0.29) is 12.4 Å². The molecule has 5 N–H and O–H groups in total. The van der Waals surface area contributed by atoms with Gasteiger partial charge >= 0.3 is 0 Å². The first-order chi connectivity index (χ1) is 14.7. The summed E-state index contributed by atoms with van der Waals surface area (Å²) in [5.41, 5.74) is 9.74. The second-order valence-corrected chi connectivity index (χ2v) is 7.77. The molecule has 4 atom stereocenters. The Kier molecular flexibility index (Phi) is 8.76. The lowest BCUT2D eigenvalue weighted by atomic mass is 10.1. The SMILES string of the molecule is CCCCCCCCCCNOC1C(O)[C@@H](CO)O[C@H]1n1cnc2c(N)ncnc21. The molecule has 1 aliphatic heterocycles. The number of hydrogen-bond acceptors (Lipinski definition) is 9. The fourth-order valence-electron chi connectivity index (χ4n) is 3.76. The first-order valence-electron chi connectivity index (χ1n) is 10.9. The number of aliphatic hydroxyl groups excluding tert-OH is 2. The highest BCUT2D eigenvalue weighted by atomic mass is 16.7. The molecule has 2 unspecified atom stereocenters. The molecule has 1 fully saturated rings. The summed E-state index contributed by atoms with van der Waals surface area (Å²) < 4.78 is 7.47. The van der Waals surface area contributed by atoms with E-state index in [1.807, 2.05) is 0 Å². The van der Waals surface area contributed by atoms with Crippen LogP contribution in [0, 0.1) is 0 Å². The molecule has 0 bridgehead atoms. The lowest BCUT2D eigenvalue weighted by Gasteiger charge is -2.22. The zero-order valence-electron chi connectivity index (χ0n) is 17.6. The number of nitrogen functional groups attached to an aromatic ring is 1. The molecule has 0 amide bonds. The molecular formula is C20H34N6O4. The van der Waals surface area contributed by atoms with Crippen molar-refractivity contribution in [1.29, 1.82) is 0 Å². The van der Waals surface area contributed by atoms with E-state index in [1.54, 1.807) is 4.57 Å². The Hall–Kier alpha value is -1.85. The van der Waals surface area contributed by atoms with Crippen LogP contribution in [0.25, 0.3) is 11.2 Å². The van der Waals surface area contributed by atoms with E-state index in [0.717, 1.165) is 12.8 Å². The number of hydroxylamine groups is 1. The van der Waals surface area contributed by atoms with E-state index in [1.165, 1.54) is 51.2 Å². The minimum atomic E-state index is -0.998. The van der Waals surface area contributed by atoms with Crippen molar-refractivity contribution >= 4 is 17.0 Å². The van der Waals surface area contributed by atoms with Crippen molar-refractivity contribution < 1.29 is 19.8 Å². The molecule has 1 saturated heterocycles. The fraction of sp³-hybridized carbons (Fsp3) is 0.750. The van der Waals surface area contributed by atoms with Gasteiger partial charge in [-0.25, -0.2) is 20.4 Å². The van der Waals surface area contributed by atoms with E-state index in [2.05, 4.69) is 27.4 Å². The van der Waals surface area contributed by atoms with Crippen LogP contribution in [0.3, 0.4) is 0 Å². The van der Waals surface area contributed by atoms with E-state index in [4.69, 9.17) is 15.3 Å². The molecule has 10 heteroatoms. The van der Waals surface area contributed by atoms with Crippen LogP contribution in [-0.4, -0.2) is 61.2 Å². The Morgan fingerprint density at radius 3 is 2.60 bits per heavy atom. The van der Waals surface area contributed by atoms with Crippen LogP contribution in [0.4, 0.5) is 5.82 Å². The summed E-state index contributed by atoms with van der Waals surface area (Å²) in [4.78, 5) is 18.2. The number of aromatic nitrogens is 4. The second kappa shape index (κ2) is 11.5. The molecule has 0 radical (unpaired) electrons. The van der Waals surface area contributed by atoms with Gasteiger partial charge in [-0.05, 0) is 6.42 Å². The molecule has 168 valence electrons. The lowest BCUT2D eigenvalue weighted by molar-refractivity contribution is -0.109. The van der Waals surface area contributed by atoms with E-state index < -0.39 is 24.5 Å². The summed E-state index contributed by atoms with van der Waals surface area (Å²) in [6, 6.07) is 0. The van der Waals surface area contributed by atoms with Gasteiger partial charge < -0.3 is 20.7 Å². The highest BCUT2D eigenvalue weighted by Crippen LogP contribution is 2.33. The molecule has 0 aromatic carbocycles. The van der Waals surface area contributed by atoms with Crippen molar-refractivity contribution in [1.82, 2.24) is 25.0 Å². The summed E-state index contributed by atoms with van der Waals surface area (Å²) in [6.45, 7) is 2.58. The number of rotatable bonds is 13. The normalized spacial score (nSPS) is 24.1. The third kappa shape index (κ3) is 5.44. The van der Waals surface area contributed by atoms with Gasteiger partial charge in [0.15, 0.2) is 23.8 Å². The van der Waals surface area contributed by atoms with Crippen molar-refractivity contribution in [3.8, 4) is 0 Å².